The third-order valence-electron chi connectivity index (χ3n) is 1.67. The van der Waals surface area contributed by atoms with Crippen LogP contribution in [0.4, 0.5) is 8.78 Å². The van der Waals surface area contributed by atoms with E-state index in [1.165, 1.54) is 0 Å². The van der Waals surface area contributed by atoms with E-state index in [1.54, 1.807) is 0 Å². The highest BCUT2D eigenvalue weighted by molar-refractivity contribution is 4.80. The topological polar surface area (TPSA) is 0 Å². The number of hydrogen-bond donors (Lipinski definition) is 0. The van der Waals surface area contributed by atoms with Gasteiger partial charge in [-0.15, -0.1) is 0 Å². The fourth-order valence-corrected chi connectivity index (χ4v) is 1.06. The zero-order valence-electron chi connectivity index (χ0n) is 5.32. The van der Waals surface area contributed by atoms with Crippen LogP contribution in [-0.2, 0) is 0 Å². The molecule has 1 aliphatic carbocycles. The molecule has 1 aliphatic rings. The first-order valence-corrected chi connectivity index (χ1v) is 3.40. The highest BCUT2D eigenvalue weighted by Crippen LogP contribution is 2.21. The smallest absolute Gasteiger partial charge is 0.131 e. The molecule has 0 nitrogen and oxygen atoms in total. The highest BCUT2D eigenvalue weighted by atomic mass is 19.2. The largest absolute Gasteiger partial charge is 0.244 e. The van der Waals surface area contributed by atoms with Gasteiger partial charge in [-0.3, -0.25) is 0 Å². The van der Waals surface area contributed by atoms with Crippen LogP contribution in [0.2, 0.25) is 0 Å². The van der Waals surface area contributed by atoms with Crippen LogP contribution < -0.4 is 0 Å². The van der Waals surface area contributed by atoms with Gasteiger partial charge in [0.15, 0.2) is 0 Å². The van der Waals surface area contributed by atoms with Gasteiger partial charge in [-0.25, -0.2) is 8.78 Å². The summed E-state index contributed by atoms with van der Waals surface area (Å²) in [5, 5.41) is 0. The molecule has 0 N–H and O–H groups in total. The van der Waals surface area contributed by atoms with Crippen molar-refractivity contribution in [1.29, 1.82) is 0 Å². The van der Waals surface area contributed by atoms with E-state index in [9.17, 15) is 8.78 Å². The van der Waals surface area contributed by atoms with Gasteiger partial charge in [0.2, 0.25) is 0 Å². The van der Waals surface area contributed by atoms with Crippen LogP contribution in [0.5, 0.6) is 0 Å². The second-order valence-electron chi connectivity index (χ2n) is 2.49. The lowest BCUT2D eigenvalue weighted by Gasteiger charge is -2.06. The molecule has 0 aromatic heterocycles. The van der Waals surface area contributed by atoms with Crippen molar-refractivity contribution in [3.05, 3.63) is 6.42 Å². The maximum absolute atomic E-state index is 12.4. The van der Waals surface area contributed by atoms with Gasteiger partial charge in [0.25, 0.3) is 0 Å². The minimum absolute atomic E-state index is 0.307. The van der Waals surface area contributed by atoms with Crippen molar-refractivity contribution >= 4 is 0 Å². The average molecular weight is 133 g/mol. The van der Waals surface area contributed by atoms with Gasteiger partial charge >= 0.3 is 0 Å². The van der Waals surface area contributed by atoms with Crippen LogP contribution in [0.1, 0.15) is 25.7 Å². The molecule has 2 unspecified atom stereocenters. The molecule has 2 atom stereocenters. The molecule has 0 aliphatic heterocycles. The molecule has 1 saturated carbocycles. The minimum atomic E-state index is -1.23. The highest BCUT2D eigenvalue weighted by Gasteiger charge is 2.21. The van der Waals surface area contributed by atoms with Crippen LogP contribution in [-0.4, -0.2) is 12.3 Å². The summed E-state index contributed by atoms with van der Waals surface area (Å²) in [5.74, 6) is 0. The summed E-state index contributed by atoms with van der Waals surface area (Å²) in [6.07, 6.45) is 1.79. The van der Waals surface area contributed by atoms with E-state index in [0.717, 1.165) is 12.8 Å². The number of alkyl halides is 2. The summed E-state index contributed by atoms with van der Waals surface area (Å²) < 4.78 is 24.9. The molecule has 53 valence electrons. The Morgan fingerprint density at radius 3 is 2.78 bits per heavy atom. The van der Waals surface area contributed by atoms with Crippen molar-refractivity contribution < 1.29 is 8.78 Å². The van der Waals surface area contributed by atoms with Crippen LogP contribution in [0, 0.1) is 6.42 Å². The molecule has 0 bridgehead atoms. The van der Waals surface area contributed by atoms with Crippen molar-refractivity contribution in [2.75, 3.05) is 0 Å². The molecular formula is C7H11F2. The fourth-order valence-electron chi connectivity index (χ4n) is 1.06. The van der Waals surface area contributed by atoms with Crippen molar-refractivity contribution in [3.63, 3.8) is 0 Å². The Morgan fingerprint density at radius 1 is 1.22 bits per heavy atom. The number of rotatable bonds is 0. The van der Waals surface area contributed by atoms with Gasteiger partial charge in [-0.05, 0) is 25.7 Å². The summed E-state index contributed by atoms with van der Waals surface area (Å²) >= 11 is 0. The van der Waals surface area contributed by atoms with Crippen LogP contribution >= 0.6 is 0 Å². The van der Waals surface area contributed by atoms with Gasteiger partial charge in [-0.1, -0.05) is 6.42 Å². The van der Waals surface area contributed by atoms with E-state index in [0.29, 0.717) is 12.8 Å². The maximum atomic E-state index is 12.4. The molecule has 0 saturated heterocycles. The Kier molecular flexibility index (Phi) is 2.43. The van der Waals surface area contributed by atoms with Gasteiger partial charge in [0, 0.05) is 0 Å². The van der Waals surface area contributed by atoms with Gasteiger partial charge in [0.05, 0.1) is 0 Å². The predicted molar refractivity (Wildman–Crippen MR) is 32.6 cm³/mol. The first-order valence-electron chi connectivity index (χ1n) is 3.40. The van der Waals surface area contributed by atoms with Crippen LogP contribution in [0.3, 0.4) is 0 Å². The monoisotopic (exact) mass is 133 g/mol. The van der Waals surface area contributed by atoms with E-state index in [-0.39, 0.29) is 0 Å². The third-order valence-corrected chi connectivity index (χ3v) is 1.67. The quantitative estimate of drug-likeness (QED) is 0.445. The van der Waals surface area contributed by atoms with Gasteiger partial charge in [-0.2, -0.15) is 0 Å². The normalized spacial score (nSPS) is 38.0. The van der Waals surface area contributed by atoms with Crippen molar-refractivity contribution in [2.24, 2.45) is 0 Å². The Balaban J connectivity index is 2.32. The zero-order valence-corrected chi connectivity index (χ0v) is 5.32. The first kappa shape index (κ1) is 6.97. The lowest BCUT2D eigenvalue weighted by Crippen LogP contribution is -2.14. The Labute approximate surface area is 54.3 Å². The minimum Gasteiger partial charge on any atom is -0.244 e. The maximum Gasteiger partial charge on any atom is 0.131 e. The first-order chi connectivity index (χ1) is 4.30. The van der Waals surface area contributed by atoms with E-state index >= 15 is 0 Å². The molecule has 9 heavy (non-hydrogen) atoms. The summed E-state index contributed by atoms with van der Waals surface area (Å²) in [6.45, 7) is 0. The van der Waals surface area contributed by atoms with Crippen LogP contribution in [0.25, 0.3) is 0 Å². The molecule has 0 aromatic rings. The average Bonchev–Trinajstić information content (AvgIpc) is 1.99. The number of hydrogen-bond acceptors (Lipinski definition) is 0. The van der Waals surface area contributed by atoms with E-state index in [1.807, 2.05) is 6.42 Å². The van der Waals surface area contributed by atoms with Gasteiger partial charge in [0.1, 0.15) is 12.3 Å². The molecule has 0 heterocycles. The molecule has 0 spiro atoms. The predicted octanol–water partition coefficient (Wildman–Crippen LogP) is 2.44. The second kappa shape index (κ2) is 3.14. The Hall–Kier alpha value is -0.140. The summed E-state index contributed by atoms with van der Waals surface area (Å²) in [7, 11) is 0. The molecule has 1 rings (SSSR count). The summed E-state index contributed by atoms with van der Waals surface area (Å²) in [4.78, 5) is 0. The van der Waals surface area contributed by atoms with Gasteiger partial charge < -0.3 is 0 Å². The lowest BCUT2D eigenvalue weighted by atomic mass is 10.1. The second-order valence-corrected chi connectivity index (χ2v) is 2.49. The van der Waals surface area contributed by atoms with E-state index in [2.05, 4.69) is 0 Å². The SMILES string of the molecule is FC1C[CH]CCCC1F. The van der Waals surface area contributed by atoms with Crippen molar-refractivity contribution in [1.82, 2.24) is 0 Å². The zero-order chi connectivity index (χ0) is 6.69. The van der Waals surface area contributed by atoms with E-state index in [4.69, 9.17) is 0 Å². The van der Waals surface area contributed by atoms with Crippen LogP contribution in [0.15, 0.2) is 0 Å². The third kappa shape index (κ3) is 1.92. The fraction of sp³-hybridized carbons (Fsp3) is 0.857. The standard InChI is InChI=1S/C7H11F2/c8-6-4-2-1-3-5-7(6)9/h2,6-7H,1,3-5H2. The lowest BCUT2D eigenvalue weighted by molar-refractivity contribution is 0.163. The molecule has 0 aromatic carbocycles. The summed E-state index contributed by atoms with van der Waals surface area (Å²) in [5.41, 5.74) is 0. The molecule has 2 heteroatoms. The molecular weight excluding hydrogens is 122 g/mol. The van der Waals surface area contributed by atoms with Crippen molar-refractivity contribution in [3.8, 4) is 0 Å². The Morgan fingerprint density at radius 2 is 2.00 bits per heavy atom. The molecule has 1 radical (unpaired) electrons. The van der Waals surface area contributed by atoms with Crippen molar-refractivity contribution in [2.45, 2.75) is 38.0 Å². The number of halogens is 2. The molecule has 1 fully saturated rings. The molecule has 0 amide bonds. The summed E-state index contributed by atoms with van der Waals surface area (Å²) in [6, 6.07) is 0. The Bertz CT molecular complexity index is 73.0. The van der Waals surface area contributed by atoms with E-state index < -0.39 is 12.3 Å².